The molecule has 0 bridgehead atoms. The number of hydrogen-bond donors (Lipinski definition) is 1. The van der Waals surface area contributed by atoms with E-state index in [4.69, 9.17) is 27.9 Å². The van der Waals surface area contributed by atoms with Gasteiger partial charge in [0.05, 0.1) is 21.6 Å². The molecular formula is C16H20Cl2N2O5S. The highest BCUT2D eigenvalue weighted by Gasteiger charge is 2.29. The summed E-state index contributed by atoms with van der Waals surface area (Å²) in [7, 11) is -3.07. The van der Waals surface area contributed by atoms with Crippen LogP contribution in [0.3, 0.4) is 0 Å². The summed E-state index contributed by atoms with van der Waals surface area (Å²) < 4.78 is 28.4. The molecule has 2 amide bonds. The summed E-state index contributed by atoms with van der Waals surface area (Å²) >= 11 is 11.7. The Labute approximate surface area is 162 Å². The van der Waals surface area contributed by atoms with Gasteiger partial charge in [-0.15, -0.1) is 0 Å². The zero-order chi connectivity index (χ0) is 19.5. The topological polar surface area (TPSA) is 92.8 Å². The molecule has 1 saturated heterocycles. The highest BCUT2D eigenvalue weighted by molar-refractivity contribution is 7.91. The van der Waals surface area contributed by atoms with Gasteiger partial charge in [0.1, 0.15) is 11.8 Å². The van der Waals surface area contributed by atoms with Gasteiger partial charge in [-0.3, -0.25) is 9.59 Å². The molecule has 1 aromatic rings. The smallest absolute Gasteiger partial charge is 0.261 e. The van der Waals surface area contributed by atoms with E-state index >= 15 is 0 Å². The normalized spacial score (nSPS) is 18.7. The molecule has 1 fully saturated rings. The Morgan fingerprint density at radius 2 is 1.77 bits per heavy atom. The SMILES string of the molecule is CC(NC(=O)C(C)Oc1ccc(Cl)c(Cl)c1)C(=O)N1CCS(=O)(=O)CC1. The first kappa shape index (κ1) is 20.8. The third kappa shape index (κ3) is 5.49. The molecule has 7 nitrogen and oxygen atoms in total. The molecule has 26 heavy (non-hydrogen) atoms. The average molecular weight is 423 g/mol. The maximum atomic E-state index is 12.4. The molecule has 0 aromatic heterocycles. The third-order valence-corrected chi connectivity index (χ3v) is 6.31. The Bertz CT molecular complexity index is 786. The van der Waals surface area contributed by atoms with E-state index in [2.05, 4.69) is 5.32 Å². The number of rotatable bonds is 5. The Morgan fingerprint density at radius 1 is 1.15 bits per heavy atom. The molecule has 1 heterocycles. The van der Waals surface area contributed by atoms with Crippen molar-refractivity contribution < 1.29 is 22.7 Å². The van der Waals surface area contributed by atoms with Crippen molar-refractivity contribution in [2.75, 3.05) is 24.6 Å². The minimum absolute atomic E-state index is 0.0593. The van der Waals surface area contributed by atoms with E-state index in [1.54, 1.807) is 26.0 Å². The van der Waals surface area contributed by atoms with Crippen molar-refractivity contribution in [3.63, 3.8) is 0 Å². The summed E-state index contributed by atoms with van der Waals surface area (Å²) in [5, 5.41) is 3.26. The maximum Gasteiger partial charge on any atom is 0.261 e. The van der Waals surface area contributed by atoms with Crippen molar-refractivity contribution in [2.45, 2.75) is 26.0 Å². The van der Waals surface area contributed by atoms with E-state index in [1.807, 2.05) is 0 Å². The fraction of sp³-hybridized carbons (Fsp3) is 0.500. The number of amides is 2. The van der Waals surface area contributed by atoms with E-state index in [0.717, 1.165) is 0 Å². The Kier molecular flexibility index (Phi) is 6.76. The lowest BCUT2D eigenvalue weighted by Crippen LogP contribution is -2.53. The molecule has 2 unspecified atom stereocenters. The Morgan fingerprint density at radius 3 is 2.35 bits per heavy atom. The standard InChI is InChI=1S/C16H20Cl2N2O5S/c1-10(16(22)20-5-7-26(23,24)8-6-20)19-15(21)11(2)25-12-3-4-13(17)14(18)9-12/h3-4,9-11H,5-8H2,1-2H3,(H,19,21). The Hall–Kier alpha value is -1.51. The van der Waals surface area contributed by atoms with Crippen LogP contribution in [0.2, 0.25) is 10.0 Å². The lowest BCUT2D eigenvalue weighted by atomic mass is 10.2. The maximum absolute atomic E-state index is 12.4. The van der Waals surface area contributed by atoms with E-state index in [0.29, 0.717) is 15.8 Å². The molecular weight excluding hydrogens is 403 g/mol. The van der Waals surface area contributed by atoms with Crippen molar-refractivity contribution in [3.05, 3.63) is 28.2 Å². The third-order valence-electron chi connectivity index (χ3n) is 3.96. The van der Waals surface area contributed by atoms with Crippen LogP contribution >= 0.6 is 23.2 Å². The first-order chi connectivity index (χ1) is 12.1. The quantitative estimate of drug-likeness (QED) is 0.776. The van der Waals surface area contributed by atoms with Gasteiger partial charge in [-0.25, -0.2) is 8.42 Å². The molecule has 0 saturated carbocycles. The molecule has 2 rings (SSSR count). The van der Waals surface area contributed by atoms with E-state index in [9.17, 15) is 18.0 Å². The van der Waals surface area contributed by atoms with Gasteiger partial charge in [0.2, 0.25) is 5.91 Å². The van der Waals surface area contributed by atoms with Crippen LogP contribution < -0.4 is 10.1 Å². The molecule has 0 radical (unpaired) electrons. The van der Waals surface area contributed by atoms with Crippen molar-refractivity contribution >= 4 is 44.9 Å². The summed E-state index contributed by atoms with van der Waals surface area (Å²) in [6.45, 7) is 3.37. The monoisotopic (exact) mass is 422 g/mol. The van der Waals surface area contributed by atoms with Crippen molar-refractivity contribution in [1.82, 2.24) is 10.2 Å². The van der Waals surface area contributed by atoms with E-state index < -0.39 is 27.9 Å². The number of sulfone groups is 1. The largest absolute Gasteiger partial charge is 0.481 e. The van der Waals surface area contributed by atoms with E-state index in [1.165, 1.54) is 11.0 Å². The predicted molar refractivity (Wildman–Crippen MR) is 99.4 cm³/mol. The van der Waals surface area contributed by atoms with Crippen LogP contribution in [-0.4, -0.2) is 61.9 Å². The molecule has 0 aliphatic carbocycles. The highest BCUT2D eigenvalue weighted by Crippen LogP contribution is 2.26. The second-order valence-electron chi connectivity index (χ2n) is 6.04. The van der Waals surface area contributed by atoms with Crippen LogP contribution in [0.5, 0.6) is 5.75 Å². The summed E-state index contributed by atoms with van der Waals surface area (Å²) in [5.74, 6) is -0.536. The van der Waals surface area contributed by atoms with Gasteiger partial charge in [0, 0.05) is 19.2 Å². The first-order valence-corrected chi connectivity index (χ1v) is 10.6. The number of halogens is 2. The van der Waals surface area contributed by atoms with E-state index in [-0.39, 0.29) is 30.5 Å². The zero-order valence-electron chi connectivity index (χ0n) is 14.4. The van der Waals surface area contributed by atoms with Crippen molar-refractivity contribution in [3.8, 4) is 5.75 Å². The fourth-order valence-electron chi connectivity index (χ4n) is 2.41. The number of benzene rings is 1. The molecule has 0 spiro atoms. The number of hydrogen-bond acceptors (Lipinski definition) is 5. The number of ether oxygens (including phenoxy) is 1. The molecule has 144 valence electrons. The van der Waals surface area contributed by atoms with Gasteiger partial charge in [-0.2, -0.15) is 0 Å². The summed E-state index contributed by atoms with van der Waals surface area (Å²) in [6.07, 6.45) is -0.857. The molecule has 1 aromatic carbocycles. The summed E-state index contributed by atoms with van der Waals surface area (Å²) in [6, 6.07) is 3.85. The average Bonchev–Trinajstić information content (AvgIpc) is 2.57. The minimum atomic E-state index is -3.07. The van der Waals surface area contributed by atoms with Crippen LogP contribution in [0, 0.1) is 0 Å². The molecule has 10 heteroatoms. The van der Waals surface area contributed by atoms with Crippen molar-refractivity contribution in [2.24, 2.45) is 0 Å². The van der Waals surface area contributed by atoms with Crippen LogP contribution in [0.1, 0.15) is 13.8 Å². The second kappa shape index (κ2) is 8.45. The fourth-order valence-corrected chi connectivity index (χ4v) is 3.90. The number of nitrogens with zero attached hydrogens (tertiary/aromatic N) is 1. The highest BCUT2D eigenvalue weighted by atomic mass is 35.5. The van der Waals surface area contributed by atoms with Gasteiger partial charge in [0.15, 0.2) is 15.9 Å². The number of carbonyl (C=O) groups excluding carboxylic acids is 2. The number of nitrogens with one attached hydrogen (secondary N) is 1. The van der Waals surface area contributed by atoms with Crippen LogP contribution in [0.25, 0.3) is 0 Å². The van der Waals surface area contributed by atoms with Gasteiger partial charge < -0.3 is 15.0 Å². The van der Waals surface area contributed by atoms with Gasteiger partial charge in [-0.05, 0) is 26.0 Å². The molecule has 1 N–H and O–H groups in total. The zero-order valence-corrected chi connectivity index (χ0v) is 16.7. The van der Waals surface area contributed by atoms with Crippen LogP contribution in [0.15, 0.2) is 18.2 Å². The minimum Gasteiger partial charge on any atom is -0.481 e. The second-order valence-corrected chi connectivity index (χ2v) is 9.16. The predicted octanol–water partition coefficient (Wildman–Crippen LogP) is 1.52. The molecule has 1 aliphatic heterocycles. The molecule has 2 atom stereocenters. The van der Waals surface area contributed by atoms with Gasteiger partial charge in [-0.1, -0.05) is 23.2 Å². The molecule has 1 aliphatic rings. The Balaban J connectivity index is 1.89. The van der Waals surface area contributed by atoms with Gasteiger partial charge in [0.25, 0.3) is 5.91 Å². The summed E-state index contributed by atoms with van der Waals surface area (Å²) in [5.41, 5.74) is 0. The van der Waals surface area contributed by atoms with Crippen LogP contribution in [-0.2, 0) is 19.4 Å². The van der Waals surface area contributed by atoms with Gasteiger partial charge >= 0.3 is 0 Å². The van der Waals surface area contributed by atoms with Crippen molar-refractivity contribution in [1.29, 1.82) is 0 Å². The lowest BCUT2D eigenvalue weighted by molar-refractivity contribution is -0.137. The first-order valence-electron chi connectivity index (χ1n) is 8.00. The van der Waals surface area contributed by atoms with Crippen LogP contribution in [0.4, 0.5) is 0 Å². The lowest BCUT2D eigenvalue weighted by Gasteiger charge is -2.29. The number of carbonyl (C=O) groups is 2. The summed E-state index contributed by atoms with van der Waals surface area (Å²) in [4.78, 5) is 26.0.